The van der Waals surface area contributed by atoms with Gasteiger partial charge in [-0.2, -0.15) is 13.2 Å². The van der Waals surface area contributed by atoms with E-state index in [0.717, 1.165) is 37.8 Å². The zero-order valence-corrected chi connectivity index (χ0v) is 21.6. The molecule has 3 aliphatic rings. The first-order chi connectivity index (χ1) is 18.8. The van der Waals surface area contributed by atoms with Crippen LogP contribution in [0, 0.1) is 0 Å². The van der Waals surface area contributed by atoms with Gasteiger partial charge >= 0.3 is 6.18 Å². The number of piperidine rings is 1. The van der Waals surface area contributed by atoms with E-state index in [1.165, 1.54) is 12.1 Å². The first-order valence-electron chi connectivity index (χ1n) is 13.6. The third kappa shape index (κ3) is 7.06. The number of halogens is 4. The second kappa shape index (κ2) is 12.2. The zero-order valence-electron chi connectivity index (χ0n) is 21.6. The van der Waals surface area contributed by atoms with Gasteiger partial charge in [0, 0.05) is 38.0 Å². The smallest absolute Gasteiger partial charge is 0.378 e. The van der Waals surface area contributed by atoms with Gasteiger partial charge in [0.25, 0.3) is 5.91 Å². The van der Waals surface area contributed by atoms with Crippen molar-refractivity contribution in [3.05, 3.63) is 59.4 Å². The Bertz CT molecular complexity index is 1110. The highest BCUT2D eigenvalue weighted by atomic mass is 19.4. The van der Waals surface area contributed by atoms with Crippen molar-refractivity contribution in [2.45, 2.75) is 75.3 Å². The van der Waals surface area contributed by atoms with Crippen LogP contribution >= 0.6 is 0 Å². The van der Waals surface area contributed by atoms with Crippen LogP contribution < -0.4 is 10.6 Å². The molecule has 0 bridgehead atoms. The van der Waals surface area contributed by atoms with Crippen molar-refractivity contribution in [2.75, 3.05) is 31.6 Å². The van der Waals surface area contributed by atoms with Crippen LogP contribution in [-0.4, -0.2) is 66.6 Å². The summed E-state index contributed by atoms with van der Waals surface area (Å²) in [7, 11) is 0. The molecule has 1 aromatic heterocycles. The van der Waals surface area contributed by atoms with Crippen LogP contribution in [0.1, 0.15) is 66.1 Å². The van der Waals surface area contributed by atoms with Crippen molar-refractivity contribution in [1.29, 1.82) is 0 Å². The van der Waals surface area contributed by atoms with Crippen LogP contribution in [0.3, 0.4) is 0 Å². The molecule has 7 nitrogen and oxygen atoms in total. The Balaban J connectivity index is 1.14. The van der Waals surface area contributed by atoms with Gasteiger partial charge in [-0.1, -0.05) is 12.1 Å². The fraction of sp³-hybridized carbons (Fsp3) is 0.571. The van der Waals surface area contributed by atoms with Crippen LogP contribution in [0.15, 0.2) is 42.7 Å². The number of carbonyl (C=O) groups is 1. The van der Waals surface area contributed by atoms with E-state index >= 15 is 0 Å². The van der Waals surface area contributed by atoms with E-state index < -0.39 is 17.9 Å². The molecule has 39 heavy (non-hydrogen) atoms. The summed E-state index contributed by atoms with van der Waals surface area (Å²) >= 11 is 0. The summed E-state index contributed by atoms with van der Waals surface area (Å²) in [5, 5.41) is 6.69. The average Bonchev–Trinajstić information content (AvgIpc) is 2.94. The SMILES string of the molecule is O=C(c1cncc(NC2CCC[C@@H](c3ccc(C(F)(F)F)cc3)O2)c1)N1CCC(NC2CCOCC2F)CC1. The number of rotatable bonds is 6. The van der Waals surface area contributed by atoms with Gasteiger partial charge in [0.05, 0.1) is 35.7 Å². The molecule has 0 spiro atoms. The number of carbonyl (C=O) groups excluding carboxylic acids is 1. The molecule has 1 amide bonds. The van der Waals surface area contributed by atoms with Crippen molar-refractivity contribution >= 4 is 11.6 Å². The Morgan fingerprint density at radius 1 is 1.03 bits per heavy atom. The Morgan fingerprint density at radius 3 is 2.51 bits per heavy atom. The first kappa shape index (κ1) is 27.8. The highest BCUT2D eigenvalue weighted by Crippen LogP contribution is 2.34. The molecule has 0 aliphatic carbocycles. The Kier molecular flexibility index (Phi) is 8.68. The fourth-order valence-electron chi connectivity index (χ4n) is 5.51. The lowest BCUT2D eigenvalue weighted by atomic mass is 9.99. The molecular formula is C28H34F4N4O3. The van der Waals surface area contributed by atoms with Gasteiger partial charge in [-0.05, 0) is 62.3 Å². The number of hydrogen-bond acceptors (Lipinski definition) is 6. The average molecular weight is 551 g/mol. The number of nitrogens with one attached hydrogen (secondary N) is 2. The molecule has 3 aliphatic heterocycles. The predicted octanol–water partition coefficient (Wildman–Crippen LogP) is 5.10. The summed E-state index contributed by atoms with van der Waals surface area (Å²) in [6.45, 7) is 1.85. The molecule has 0 radical (unpaired) electrons. The van der Waals surface area contributed by atoms with E-state index in [4.69, 9.17) is 9.47 Å². The summed E-state index contributed by atoms with van der Waals surface area (Å²) < 4.78 is 64.1. The first-order valence-corrected chi connectivity index (χ1v) is 13.6. The van der Waals surface area contributed by atoms with Gasteiger partial charge in [0.15, 0.2) is 0 Å². The monoisotopic (exact) mass is 550 g/mol. The third-order valence-electron chi connectivity index (χ3n) is 7.70. The molecule has 212 valence electrons. The van der Waals surface area contributed by atoms with E-state index in [1.807, 2.05) is 0 Å². The maximum atomic E-state index is 14.1. The number of anilines is 1. The van der Waals surface area contributed by atoms with Gasteiger partial charge in [-0.25, -0.2) is 4.39 Å². The Hall–Kier alpha value is -2.76. The molecule has 1 aromatic carbocycles. The normalized spacial score (nSPS) is 26.8. The van der Waals surface area contributed by atoms with E-state index in [9.17, 15) is 22.4 Å². The van der Waals surface area contributed by atoms with E-state index in [-0.39, 0.29) is 36.9 Å². The highest BCUT2D eigenvalue weighted by molar-refractivity contribution is 5.94. The van der Waals surface area contributed by atoms with Crippen molar-refractivity contribution < 1.29 is 31.8 Å². The van der Waals surface area contributed by atoms with Crippen LogP contribution in [0.4, 0.5) is 23.2 Å². The minimum Gasteiger partial charge on any atom is -0.378 e. The van der Waals surface area contributed by atoms with Crippen LogP contribution in [0.5, 0.6) is 0 Å². The summed E-state index contributed by atoms with van der Waals surface area (Å²) in [5.41, 5.74) is 1.13. The van der Waals surface area contributed by atoms with Gasteiger partial charge < -0.3 is 25.0 Å². The molecule has 3 unspecified atom stereocenters. The second-order valence-electron chi connectivity index (χ2n) is 10.5. The van der Waals surface area contributed by atoms with Crippen molar-refractivity contribution in [3.8, 4) is 0 Å². The molecular weight excluding hydrogens is 516 g/mol. The van der Waals surface area contributed by atoms with Crippen LogP contribution in [-0.2, 0) is 15.7 Å². The number of hydrogen-bond donors (Lipinski definition) is 2. The molecule has 3 fully saturated rings. The van der Waals surface area contributed by atoms with Crippen LogP contribution in [0.2, 0.25) is 0 Å². The lowest BCUT2D eigenvalue weighted by molar-refractivity contribution is -0.137. The molecule has 0 saturated carbocycles. The summed E-state index contributed by atoms with van der Waals surface area (Å²) in [5.74, 6) is -0.105. The zero-order chi connectivity index (χ0) is 27.4. The maximum Gasteiger partial charge on any atom is 0.416 e. The number of alkyl halides is 4. The summed E-state index contributed by atoms with van der Waals surface area (Å²) in [6.07, 6.45) is 1.56. The van der Waals surface area contributed by atoms with Crippen molar-refractivity contribution in [3.63, 3.8) is 0 Å². The standard InChI is InChI=1S/C28H34F4N4O3/c29-23-17-38-13-10-24(23)34-21-8-11-36(12-9-21)27(37)19-14-22(16-33-15-19)35-26-3-1-2-25(39-26)18-4-6-20(7-5-18)28(30,31)32/h4-7,14-16,21,23-26,34-35H,1-3,8-13,17H2/t23?,24?,25-,26?/m0/s1. The lowest BCUT2D eigenvalue weighted by Gasteiger charge is -2.36. The lowest BCUT2D eigenvalue weighted by Crippen LogP contribution is -2.52. The topological polar surface area (TPSA) is 75.7 Å². The van der Waals surface area contributed by atoms with Gasteiger partial charge in [0.2, 0.25) is 0 Å². The van der Waals surface area contributed by atoms with Crippen molar-refractivity contribution in [1.82, 2.24) is 15.2 Å². The Morgan fingerprint density at radius 2 is 1.79 bits per heavy atom. The second-order valence-corrected chi connectivity index (χ2v) is 10.5. The van der Waals surface area contributed by atoms with E-state index in [2.05, 4.69) is 15.6 Å². The number of likely N-dealkylation sites (tertiary alicyclic amines) is 1. The molecule has 2 N–H and O–H groups in total. The maximum absolute atomic E-state index is 14.1. The minimum atomic E-state index is -4.37. The summed E-state index contributed by atoms with van der Waals surface area (Å²) in [4.78, 5) is 19.2. The van der Waals surface area contributed by atoms with Gasteiger partial charge in [-0.3, -0.25) is 9.78 Å². The van der Waals surface area contributed by atoms with Crippen molar-refractivity contribution in [2.24, 2.45) is 0 Å². The van der Waals surface area contributed by atoms with Crippen LogP contribution in [0.25, 0.3) is 0 Å². The van der Waals surface area contributed by atoms with Gasteiger partial charge in [0.1, 0.15) is 12.4 Å². The minimum absolute atomic E-state index is 0.105. The largest absolute Gasteiger partial charge is 0.416 e. The number of nitrogens with zero attached hydrogens (tertiary/aromatic N) is 2. The highest BCUT2D eigenvalue weighted by Gasteiger charge is 2.32. The third-order valence-corrected chi connectivity index (χ3v) is 7.70. The molecule has 11 heteroatoms. The number of benzene rings is 1. The number of pyridine rings is 1. The number of amides is 1. The molecule has 3 saturated heterocycles. The quantitative estimate of drug-likeness (QED) is 0.488. The number of ether oxygens (including phenoxy) is 2. The van der Waals surface area contributed by atoms with Gasteiger partial charge in [-0.15, -0.1) is 0 Å². The molecule has 4 heterocycles. The van der Waals surface area contributed by atoms with E-state index in [1.54, 1.807) is 23.4 Å². The fourth-order valence-corrected chi connectivity index (χ4v) is 5.51. The summed E-state index contributed by atoms with van der Waals surface area (Å²) in [6, 6.07) is 6.82. The Labute approximate surface area is 225 Å². The van der Waals surface area contributed by atoms with E-state index in [0.29, 0.717) is 49.4 Å². The molecule has 4 atom stereocenters. The number of aromatic nitrogens is 1. The predicted molar refractivity (Wildman–Crippen MR) is 137 cm³/mol. The molecule has 2 aromatic rings. The molecule has 5 rings (SSSR count).